The van der Waals surface area contributed by atoms with Crippen LogP contribution in [0.2, 0.25) is 0 Å². The summed E-state index contributed by atoms with van der Waals surface area (Å²) in [6.07, 6.45) is 5.60. The molecule has 3 atom stereocenters. The lowest BCUT2D eigenvalue weighted by Gasteiger charge is -2.27. The molecule has 1 fully saturated rings. The van der Waals surface area contributed by atoms with Crippen LogP contribution in [-0.4, -0.2) is 25.7 Å². The number of H-pyrrole nitrogens is 1. The third-order valence-electron chi connectivity index (χ3n) is 7.60. The van der Waals surface area contributed by atoms with Gasteiger partial charge in [-0.3, -0.25) is 14.4 Å². The summed E-state index contributed by atoms with van der Waals surface area (Å²) in [5.74, 6) is 1.08. The van der Waals surface area contributed by atoms with Gasteiger partial charge in [0.05, 0.1) is 23.5 Å². The van der Waals surface area contributed by atoms with Crippen molar-refractivity contribution < 1.29 is 0 Å². The first-order chi connectivity index (χ1) is 16.0. The second kappa shape index (κ2) is 8.68. The molecule has 1 aliphatic carbocycles. The highest BCUT2D eigenvalue weighted by Gasteiger charge is 2.30. The number of nitrogens with one attached hydrogen (secondary N) is 2. The fourth-order valence-corrected chi connectivity index (χ4v) is 5.34. The zero-order chi connectivity index (χ0) is 23.1. The molecule has 3 heterocycles. The first-order valence-corrected chi connectivity index (χ1v) is 12.1. The van der Waals surface area contributed by atoms with Crippen LogP contribution in [0.4, 0.5) is 11.5 Å². The highest BCUT2D eigenvalue weighted by atomic mass is 16.1. The maximum Gasteiger partial charge on any atom is 0.261 e. The summed E-state index contributed by atoms with van der Waals surface area (Å²) in [5, 5.41) is 18.5. The molecule has 1 saturated carbocycles. The van der Waals surface area contributed by atoms with Crippen molar-refractivity contribution in [2.45, 2.75) is 71.6 Å². The van der Waals surface area contributed by atoms with Crippen LogP contribution >= 0.6 is 0 Å². The largest absolute Gasteiger partial charge is 0.338 e. The van der Waals surface area contributed by atoms with E-state index < -0.39 is 0 Å². The van der Waals surface area contributed by atoms with E-state index in [1.165, 1.54) is 11.1 Å². The monoisotopic (exact) mass is 444 g/mol. The molecule has 1 aromatic carbocycles. The Bertz CT molecular complexity index is 1270. The number of aromatic nitrogens is 3. The lowest BCUT2D eigenvalue weighted by atomic mass is 9.85. The van der Waals surface area contributed by atoms with E-state index in [0.29, 0.717) is 23.2 Å². The average molecular weight is 445 g/mol. The topological polar surface area (TPSA) is 89.7 Å². The van der Waals surface area contributed by atoms with Gasteiger partial charge in [-0.1, -0.05) is 32.8 Å². The third-order valence-corrected chi connectivity index (χ3v) is 7.60. The van der Waals surface area contributed by atoms with E-state index >= 15 is 0 Å². The Morgan fingerprint density at radius 3 is 2.73 bits per heavy atom. The lowest BCUT2D eigenvalue weighted by molar-refractivity contribution is 0.170. The van der Waals surface area contributed by atoms with Gasteiger partial charge < -0.3 is 10.3 Å². The number of aromatic amines is 1. The van der Waals surface area contributed by atoms with Gasteiger partial charge in [-0.05, 0) is 55.0 Å². The normalized spacial score (nSPS) is 21.8. The van der Waals surface area contributed by atoms with Crippen molar-refractivity contribution >= 4 is 22.4 Å². The molecule has 0 radical (unpaired) electrons. The van der Waals surface area contributed by atoms with Crippen LogP contribution < -0.4 is 10.9 Å². The molecule has 1 unspecified atom stereocenters. The van der Waals surface area contributed by atoms with Gasteiger partial charge in [0.25, 0.3) is 5.56 Å². The Balaban J connectivity index is 1.48. The third kappa shape index (κ3) is 3.93. The standard InChI is InChI=1S/C26H32N6O/c1-16(2)17(3)31-14-19-8-9-21(12-20(19)15-31)29-25-24-23(10-11-28-26(24)33)32(30-25)22-7-5-4-6-18(22)13-27/h8-12,16-18,22H,4-7,14-15H2,1-3H3,(H,28,33)(H,29,30)/t17-,18?,22-/m0/s1. The number of hydrogen-bond donors (Lipinski definition) is 2. The molecule has 172 valence electrons. The van der Waals surface area contributed by atoms with Crippen molar-refractivity contribution in [3.05, 3.63) is 51.9 Å². The minimum absolute atomic E-state index is 0.00491. The summed E-state index contributed by atoms with van der Waals surface area (Å²) < 4.78 is 1.92. The number of hydrogen-bond acceptors (Lipinski definition) is 5. The fraction of sp³-hybridized carbons (Fsp3) is 0.500. The van der Waals surface area contributed by atoms with Crippen LogP contribution in [0.25, 0.3) is 10.9 Å². The molecule has 5 rings (SSSR count). The Morgan fingerprint density at radius 2 is 1.94 bits per heavy atom. The highest BCUT2D eigenvalue weighted by Crippen LogP contribution is 2.37. The zero-order valence-corrected chi connectivity index (χ0v) is 19.6. The van der Waals surface area contributed by atoms with Crippen LogP contribution in [0.5, 0.6) is 0 Å². The molecule has 0 saturated heterocycles. The van der Waals surface area contributed by atoms with E-state index in [-0.39, 0.29) is 17.5 Å². The maximum absolute atomic E-state index is 12.8. The number of benzene rings is 1. The number of nitrogens with zero attached hydrogens (tertiary/aromatic N) is 4. The molecule has 2 aliphatic rings. The maximum atomic E-state index is 12.8. The number of nitriles is 1. The van der Waals surface area contributed by atoms with Crippen molar-refractivity contribution in [2.75, 3.05) is 5.32 Å². The van der Waals surface area contributed by atoms with Crippen LogP contribution in [0, 0.1) is 23.2 Å². The molecule has 7 heteroatoms. The van der Waals surface area contributed by atoms with Gasteiger partial charge in [-0.2, -0.15) is 10.4 Å². The van der Waals surface area contributed by atoms with Gasteiger partial charge in [0.15, 0.2) is 5.82 Å². The summed E-state index contributed by atoms with van der Waals surface area (Å²) in [6, 6.07) is 11.3. The van der Waals surface area contributed by atoms with E-state index in [9.17, 15) is 10.1 Å². The van der Waals surface area contributed by atoms with Gasteiger partial charge >= 0.3 is 0 Å². The summed E-state index contributed by atoms with van der Waals surface area (Å²) >= 11 is 0. The van der Waals surface area contributed by atoms with Gasteiger partial charge in [0.2, 0.25) is 0 Å². The average Bonchev–Trinajstić information content (AvgIpc) is 3.40. The van der Waals surface area contributed by atoms with E-state index in [0.717, 1.165) is 50.0 Å². The molecule has 0 bridgehead atoms. The minimum atomic E-state index is -0.163. The minimum Gasteiger partial charge on any atom is -0.338 e. The molecule has 1 aliphatic heterocycles. The summed E-state index contributed by atoms with van der Waals surface area (Å²) in [6.45, 7) is 8.74. The van der Waals surface area contributed by atoms with Gasteiger partial charge in [-0.25, -0.2) is 0 Å². The molecule has 2 aromatic heterocycles. The molecule has 3 aromatic rings. The molecule has 0 spiro atoms. The molecule has 2 N–H and O–H groups in total. The predicted octanol–water partition coefficient (Wildman–Crippen LogP) is 5.08. The SMILES string of the molecule is CC(C)[C@H](C)N1Cc2ccc(Nc3nn([C@H]4CCCCC4C#N)c4cc[nH]c(=O)c34)cc2C1. The van der Waals surface area contributed by atoms with Gasteiger partial charge in [-0.15, -0.1) is 0 Å². The molecular weight excluding hydrogens is 412 g/mol. The lowest BCUT2D eigenvalue weighted by Crippen LogP contribution is -2.32. The quantitative estimate of drug-likeness (QED) is 0.573. The molecule has 33 heavy (non-hydrogen) atoms. The zero-order valence-electron chi connectivity index (χ0n) is 19.6. The van der Waals surface area contributed by atoms with Gasteiger partial charge in [0.1, 0.15) is 5.39 Å². The Morgan fingerprint density at radius 1 is 1.15 bits per heavy atom. The number of rotatable bonds is 5. The van der Waals surface area contributed by atoms with Crippen molar-refractivity contribution in [1.29, 1.82) is 5.26 Å². The van der Waals surface area contributed by atoms with E-state index in [1.54, 1.807) is 6.20 Å². The van der Waals surface area contributed by atoms with Gasteiger partial charge in [0, 0.05) is 31.0 Å². The Hall–Kier alpha value is -3.11. The first kappa shape index (κ1) is 21.7. The predicted molar refractivity (Wildman–Crippen MR) is 130 cm³/mol. The second-order valence-corrected chi connectivity index (χ2v) is 9.95. The van der Waals surface area contributed by atoms with Crippen LogP contribution in [0.15, 0.2) is 35.3 Å². The second-order valence-electron chi connectivity index (χ2n) is 9.95. The first-order valence-electron chi connectivity index (χ1n) is 12.1. The number of anilines is 2. The molecule has 7 nitrogen and oxygen atoms in total. The number of pyridine rings is 1. The van der Waals surface area contributed by atoms with Crippen molar-refractivity contribution in [3.8, 4) is 6.07 Å². The molecule has 0 amide bonds. The van der Waals surface area contributed by atoms with E-state index in [1.807, 2.05) is 10.7 Å². The van der Waals surface area contributed by atoms with E-state index in [2.05, 4.69) is 60.2 Å². The number of fused-ring (bicyclic) bond motifs is 2. The highest BCUT2D eigenvalue weighted by molar-refractivity contribution is 5.91. The van der Waals surface area contributed by atoms with Crippen LogP contribution in [0.3, 0.4) is 0 Å². The summed E-state index contributed by atoms with van der Waals surface area (Å²) in [4.78, 5) is 18.1. The van der Waals surface area contributed by atoms with E-state index in [4.69, 9.17) is 5.10 Å². The Labute approximate surface area is 194 Å². The fourth-order valence-electron chi connectivity index (χ4n) is 5.34. The summed E-state index contributed by atoms with van der Waals surface area (Å²) in [5.41, 5.74) is 4.24. The van der Waals surface area contributed by atoms with Crippen molar-refractivity contribution in [3.63, 3.8) is 0 Å². The smallest absolute Gasteiger partial charge is 0.261 e. The molecular formula is C26H32N6O. The van der Waals surface area contributed by atoms with Crippen molar-refractivity contribution in [2.24, 2.45) is 11.8 Å². The van der Waals surface area contributed by atoms with Crippen LogP contribution in [-0.2, 0) is 13.1 Å². The van der Waals surface area contributed by atoms with Crippen molar-refractivity contribution in [1.82, 2.24) is 19.7 Å². The van der Waals surface area contributed by atoms with Crippen LogP contribution in [0.1, 0.15) is 63.6 Å². The summed E-state index contributed by atoms with van der Waals surface area (Å²) in [7, 11) is 0. The Kier molecular flexibility index (Phi) is 5.71.